The SMILES string of the molecule is CN(C)C/C(=C(/N)c1ccc(OC2CCCCC2)cn1)N(C)N. The van der Waals surface area contributed by atoms with Crippen molar-refractivity contribution in [2.75, 3.05) is 27.7 Å². The van der Waals surface area contributed by atoms with E-state index in [9.17, 15) is 0 Å². The van der Waals surface area contributed by atoms with E-state index in [4.69, 9.17) is 16.3 Å². The lowest BCUT2D eigenvalue weighted by atomic mass is 9.98. The molecule has 23 heavy (non-hydrogen) atoms. The van der Waals surface area contributed by atoms with E-state index in [0.29, 0.717) is 18.3 Å². The molecule has 4 N–H and O–H groups in total. The average molecular weight is 319 g/mol. The van der Waals surface area contributed by atoms with Crippen LogP contribution in [0.25, 0.3) is 5.70 Å². The lowest BCUT2D eigenvalue weighted by Crippen LogP contribution is -2.33. The molecule has 6 nitrogen and oxygen atoms in total. The van der Waals surface area contributed by atoms with Gasteiger partial charge < -0.3 is 20.4 Å². The molecule has 6 heteroatoms. The lowest BCUT2D eigenvalue weighted by Gasteiger charge is -2.23. The highest BCUT2D eigenvalue weighted by Crippen LogP contribution is 2.23. The van der Waals surface area contributed by atoms with Crippen LogP contribution in [0.15, 0.2) is 24.0 Å². The zero-order valence-corrected chi connectivity index (χ0v) is 14.5. The summed E-state index contributed by atoms with van der Waals surface area (Å²) in [6.45, 7) is 0.654. The van der Waals surface area contributed by atoms with E-state index in [1.165, 1.54) is 19.3 Å². The van der Waals surface area contributed by atoms with Crippen molar-refractivity contribution in [3.8, 4) is 5.75 Å². The summed E-state index contributed by atoms with van der Waals surface area (Å²) in [5.74, 6) is 6.70. The van der Waals surface area contributed by atoms with Gasteiger partial charge in [-0.05, 0) is 51.9 Å². The molecule has 0 radical (unpaired) electrons. The van der Waals surface area contributed by atoms with Gasteiger partial charge in [0.1, 0.15) is 5.75 Å². The Bertz CT molecular complexity index is 518. The van der Waals surface area contributed by atoms with Gasteiger partial charge in [0.15, 0.2) is 0 Å². The van der Waals surface area contributed by atoms with Crippen LogP contribution in [-0.2, 0) is 0 Å². The van der Waals surface area contributed by atoms with E-state index >= 15 is 0 Å². The Morgan fingerprint density at radius 3 is 2.43 bits per heavy atom. The quantitative estimate of drug-likeness (QED) is 0.614. The fourth-order valence-corrected chi connectivity index (χ4v) is 2.82. The van der Waals surface area contributed by atoms with Gasteiger partial charge in [-0.3, -0.25) is 4.98 Å². The molecule has 0 aromatic carbocycles. The normalized spacial score (nSPS) is 17.1. The maximum atomic E-state index is 6.25. The van der Waals surface area contributed by atoms with Gasteiger partial charge in [0.25, 0.3) is 0 Å². The summed E-state index contributed by atoms with van der Waals surface area (Å²) < 4.78 is 6.00. The zero-order valence-electron chi connectivity index (χ0n) is 14.5. The minimum absolute atomic E-state index is 0.323. The molecule has 0 amide bonds. The van der Waals surface area contributed by atoms with Crippen molar-refractivity contribution >= 4 is 5.70 Å². The number of likely N-dealkylation sites (N-methyl/N-ethyl adjacent to an activating group) is 2. The second-order valence-electron chi connectivity index (χ2n) is 6.47. The van der Waals surface area contributed by atoms with Crippen LogP contribution < -0.4 is 16.3 Å². The number of ether oxygens (including phenoxy) is 1. The maximum absolute atomic E-state index is 6.25. The van der Waals surface area contributed by atoms with E-state index < -0.39 is 0 Å². The third-order valence-electron chi connectivity index (χ3n) is 4.07. The van der Waals surface area contributed by atoms with Crippen LogP contribution in [0.4, 0.5) is 0 Å². The average Bonchev–Trinajstić information content (AvgIpc) is 2.53. The van der Waals surface area contributed by atoms with Crippen LogP contribution in [0.1, 0.15) is 37.8 Å². The Morgan fingerprint density at radius 2 is 1.91 bits per heavy atom. The second-order valence-corrected chi connectivity index (χ2v) is 6.47. The van der Waals surface area contributed by atoms with Crippen molar-refractivity contribution in [3.05, 3.63) is 29.7 Å². The third-order valence-corrected chi connectivity index (χ3v) is 4.07. The molecule has 0 saturated heterocycles. The van der Waals surface area contributed by atoms with Crippen molar-refractivity contribution in [3.63, 3.8) is 0 Å². The van der Waals surface area contributed by atoms with Crippen molar-refractivity contribution in [2.24, 2.45) is 11.6 Å². The van der Waals surface area contributed by atoms with E-state index in [0.717, 1.165) is 30.0 Å². The summed E-state index contributed by atoms with van der Waals surface area (Å²) in [5.41, 5.74) is 8.40. The molecule has 1 saturated carbocycles. The van der Waals surface area contributed by atoms with Gasteiger partial charge in [-0.15, -0.1) is 0 Å². The zero-order chi connectivity index (χ0) is 16.8. The summed E-state index contributed by atoms with van der Waals surface area (Å²) in [6.07, 6.45) is 8.17. The number of hydrogen-bond acceptors (Lipinski definition) is 6. The van der Waals surface area contributed by atoms with Crippen molar-refractivity contribution in [2.45, 2.75) is 38.2 Å². The highest BCUT2D eigenvalue weighted by atomic mass is 16.5. The second kappa shape index (κ2) is 8.17. The fourth-order valence-electron chi connectivity index (χ4n) is 2.82. The predicted octanol–water partition coefficient (Wildman–Crippen LogP) is 1.79. The van der Waals surface area contributed by atoms with Crippen LogP contribution in [0, 0.1) is 0 Å². The van der Waals surface area contributed by atoms with Crippen LogP contribution >= 0.6 is 0 Å². The minimum atomic E-state index is 0.323. The summed E-state index contributed by atoms with van der Waals surface area (Å²) in [4.78, 5) is 6.47. The highest BCUT2D eigenvalue weighted by molar-refractivity contribution is 5.63. The van der Waals surface area contributed by atoms with Crippen LogP contribution in [0.2, 0.25) is 0 Å². The topological polar surface area (TPSA) is 80.6 Å². The maximum Gasteiger partial charge on any atom is 0.138 e. The van der Waals surface area contributed by atoms with Gasteiger partial charge in [0, 0.05) is 13.6 Å². The first-order chi connectivity index (χ1) is 11.0. The molecule has 0 atom stereocenters. The number of aromatic nitrogens is 1. The number of nitrogens with two attached hydrogens (primary N) is 2. The number of pyridine rings is 1. The predicted molar refractivity (Wildman–Crippen MR) is 93.3 cm³/mol. The van der Waals surface area contributed by atoms with Gasteiger partial charge in [-0.2, -0.15) is 0 Å². The molecule has 1 aliphatic carbocycles. The van der Waals surface area contributed by atoms with E-state index in [1.54, 1.807) is 18.3 Å². The monoisotopic (exact) mass is 319 g/mol. The Labute approximate surface area is 139 Å². The smallest absolute Gasteiger partial charge is 0.138 e. The first kappa shape index (κ1) is 17.6. The largest absolute Gasteiger partial charge is 0.489 e. The van der Waals surface area contributed by atoms with Crippen LogP contribution in [-0.4, -0.2) is 48.7 Å². The number of hydrogen-bond donors (Lipinski definition) is 2. The molecule has 1 aliphatic rings. The third kappa shape index (κ3) is 5.11. The summed E-state index contributed by atoms with van der Waals surface area (Å²) in [6, 6.07) is 3.83. The van der Waals surface area contributed by atoms with Crippen LogP contribution in [0.3, 0.4) is 0 Å². The molecule has 1 aromatic rings. The Morgan fingerprint density at radius 1 is 1.22 bits per heavy atom. The molecule has 1 heterocycles. The standard InChI is InChI=1S/C17H29N5O/c1-21(2)12-16(22(3)19)17(18)15-10-9-14(11-20-15)23-13-7-5-4-6-8-13/h9-11,13H,4-8,12,18-19H2,1-3H3/b17-16-. The van der Waals surface area contributed by atoms with Gasteiger partial charge in [-0.25, -0.2) is 5.84 Å². The summed E-state index contributed by atoms with van der Waals surface area (Å²) in [5, 5.41) is 1.55. The molecule has 1 aromatic heterocycles. The molecule has 1 fully saturated rings. The molecule has 0 unspecified atom stereocenters. The molecule has 0 aliphatic heterocycles. The van der Waals surface area contributed by atoms with E-state index in [-0.39, 0.29) is 0 Å². The molecular formula is C17H29N5O. The van der Waals surface area contributed by atoms with Gasteiger partial charge in [0.05, 0.1) is 29.4 Å². The van der Waals surface area contributed by atoms with E-state index in [2.05, 4.69) is 4.98 Å². The lowest BCUT2D eigenvalue weighted by molar-refractivity contribution is 0.154. The molecule has 0 bridgehead atoms. The Hall–Kier alpha value is -1.79. The minimum Gasteiger partial charge on any atom is -0.489 e. The number of nitrogens with zero attached hydrogens (tertiary/aromatic N) is 3. The molecule has 0 spiro atoms. The summed E-state index contributed by atoms with van der Waals surface area (Å²) >= 11 is 0. The van der Waals surface area contributed by atoms with Gasteiger partial charge >= 0.3 is 0 Å². The Balaban J connectivity index is 2.10. The number of hydrazine groups is 1. The van der Waals surface area contributed by atoms with Gasteiger partial charge in [0.2, 0.25) is 0 Å². The Kier molecular flexibility index (Phi) is 6.24. The van der Waals surface area contributed by atoms with Gasteiger partial charge in [-0.1, -0.05) is 6.42 Å². The first-order valence-corrected chi connectivity index (χ1v) is 8.22. The van der Waals surface area contributed by atoms with Crippen molar-refractivity contribution in [1.82, 2.24) is 14.9 Å². The van der Waals surface area contributed by atoms with Crippen molar-refractivity contribution < 1.29 is 4.74 Å². The van der Waals surface area contributed by atoms with E-state index in [1.807, 2.05) is 31.1 Å². The molecule has 2 rings (SSSR count). The van der Waals surface area contributed by atoms with Crippen LogP contribution in [0.5, 0.6) is 5.75 Å². The van der Waals surface area contributed by atoms with Crippen molar-refractivity contribution in [1.29, 1.82) is 0 Å². The fraction of sp³-hybridized carbons (Fsp3) is 0.588. The summed E-state index contributed by atoms with van der Waals surface area (Å²) in [7, 11) is 5.74. The first-order valence-electron chi connectivity index (χ1n) is 8.22. The highest BCUT2D eigenvalue weighted by Gasteiger charge is 2.15. The molecular weight excluding hydrogens is 290 g/mol. The number of rotatable bonds is 6. The molecule has 128 valence electrons.